The number of hydrogen-bond acceptors (Lipinski definition) is 10. The van der Waals surface area contributed by atoms with Gasteiger partial charge >= 0.3 is 0 Å². The van der Waals surface area contributed by atoms with Crippen molar-refractivity contribution >= 4 is 22.7 Å². The van der Waals surface area contributed by atoms with E-state index in [0.717, 1.165) is 25.9 Å². The third kappa shape index (κ3) is 6.63. The van der Waals surface area contributed by atoms with Gasteiger partial charge in [-0.2, -0.15) is 0 Å². The molecule has 10 heteroatoms. The predicted octanol–water partition coefficient (Wildman–Crippen LogP) is -0.480. The SMILES string of the molecule is CN(C)CCCNc1c(NCCCNc2c(NCCCN(C)C)c(=O)c2=O)c(=O)c1=O. The van der Waals surface area contributed by atoms with Crippen LogP contribution in [-0.2, 0) is 0 Å². The molecule has 0 aliphatic heterocycles. The molecule has 0 bridgehead atoms. The maximum Gasteiger partial charge on any atom is 0.253 e. The number of anilines is 4. The first-order valence-electron chi connectivity index (χ1n) is 10.7. The molecule has 0 saturated heterocycles. The van der Waals surface area contributed by atoms with Gasteiger partial charge in [-0.1, -0.05) is 0 Å². The number of nitrogens with one attached hydrogen (secondary N) is 4. The van der Waals surface area contributed by atoms with Gasteiger partial charge in [0.05, 0.1) is 0 Å². The average molecular weight is 435 g/mol. The lowest BCUT2D eigenvalue weighted by molar-refractivity contribution is 0.405. The fraction of sp³-hybridized carbons (Fsp3) is 0.619. The Labute approximate surface area is 182 Å². The van der Waals surface area contributed by atoms with E-state index in [-0.39, 0.29) is 0 Å². The van der Waals surface area contributed by atoms with Crippen LogP contribution < -0.4 is 43.0 Å². The largest absolute Gasteiger partial charge is 0.380 e. The van der Waals surface area contributed by atoms with Gasteiger partial charge in [-0.3, -0.25) is 19.2 Å². The van der Waals surface area contributed by atoms with E-state index in [4.69, 9.17) is 0 Å². The molecular formula is C21H34N6O4. The van der Waals surface area contributed by atoms with Crippen LogP contribution in [0, 0.1) is 0 Å². The Hall–Kier alpha value is -2.72. The first-order chi connectivity index (χ1) is 14.7. The lowest BCUT2D eigenvalue weighted by Gasteiger charge is -2.17. The first-order valence-corrected chi connectivity index (χ1v) is 10.7. The van der Waals surface area contributed by atoms with Crippen molar-refractivity contribution in [2.75, 3.05) is 88.7 Å². The summed E-state index contributed by atoms with van der Waals surface area (Å²) in [5.74, 6) is 0. The van der Waals surface area contributed by atoms with Crippen LogP contribution in [0.4, 0.5) is 22.7 Å². The van der Waals surface area contributed by atoms with Gasteiger partial charge in [0.2, 0.25) is 0 Å². The van der Waals surface area contributed by atoms with Crippen LogP contribution in [0.25, 0.3) is 0 Å². The van der Waals surface area contributed by atoms with Crippen LogP contribution >= 0.6 is 0 Å². The van der Waals surface area contributed by atoms with Crippen molar-refractivity contribution in [3.8, 4) is 0 Å². The zero-order chi connectivity index (χ0) is 23.0. The van der Waals surface area contributed by atoms with E-state index in [9.17, 15) is 19.2 Å². The molecule has 2 aromatic rings. The number of rotatable bonds is 16. The summed E-state index contributed by atoms with van der Waals surface area (Å²) < 4.78 is 0. The molecule has 0 radical (unpaired) electrons. The molecule has 0 aliphatic carbocycles. The van der Waals surface area contributed by atoms with Crippen molar-refractivity contribution in [3.63, 3.8) is 0 Å². The van der Waals surface area contributed by atoms with Crippen LogP contribution in [0.1, 0.15) is 19.3 Å². The van der Waals surface area contributed by atoms with Crippen molar-refractivity contribution in [1.82, 2.24) is 9.80 Å². The highest BCUT2D eigenvalue weighted by Gasteiger charge is 2.21. The third-order valence-electron chi connectivity index (χ3n) is 4.95. The van der Waals surface area contributed by atoms with Crippen molar-refractivity contribution in [1.29, 1.82) is 0 Å². The molecule has 0 aliphatic rings. The molecule has 2 rings (SSSR count). The summed E-state index contributed by atoms with van der Waals surface area (Å²) in [7, 11) is 7.91. The average Bonchev–Trinajstić information content (AvgIpc) is 2.73. The Morgan fingerprint density at radius 2 is 0.742 bits per heavy atom. The van der Waals surface area contributed by atoms with Crippen LogP contribution in [-0.4, -0.2) is 77.3 Å². The zero-order valence-corrected chi connectivity index (χ0v) is 18.9. The van der Waals surface area contributed by atoms with Gasteiger partial charge in [-0.05, 0) is 60.5 Å². The van der Waals surface area contributed by atoms with Gasteiger partial charge in [0, 0.05) is 26.2 Å². The van der Waals surface area contributed by atoms with E-state index in [1.54, 1.807) is 0 Å². The predicted molar refractivity (Wildman–Crippen MR) is 128 cm³/mol. The summed E-state index contributed by atoms with van der Waals surface area (Å²) in [5, 5.41) is 12.1. The van der Waals surface area contributed by atoms with E-state index in [1.807, 2.05) is 28.2 Å². The molecule has 0 saturated carbocycles. The summed E-state index contributed by atoms with van der Waals surface area (Å²) in [6.07, 6.45) is 2.34. The smallest absolute Gasteiger partial charge is 0.253 e. The Bertz CT molecular complexity index is 904. The van der Waals surface area contributed by atoms with Crippen molar-refractivity contribution < 1.29 is 0 Å². The number of hydrogen-bond donors (Lipinski definition) is 4. The van der Waals surface area contributed by atoms with Crippen LogP contribution in [0.2, 0.25) is 0 Å². The van der Waals surface area contributed by atoms with Crippen molar-refractivity contribution in [2.24, 2.45) is 0 Å². The molecule has 4 N–H and O–H groups in total. The lowest BCUT2D eigenvalue weighted by atomic mass is 10.1. The van der Waals surface area contributed by atoms with Crippen molar-refractivity contribution in [3.05, 3.63) is 40.9 Å². The minimum atomic E-state index is -0.505. The molecule has 10 nitrogen and oxygen atoms in total. The summed E-state index contributed by atoms with van der Waals surface area (Å²) in [6, 6.07) is 0. The van der Waals surface area contributed by atoms with Crippen molar-refractivity contribution in [2.45, 2.75) is 19.3 Å². The Balaban J connectivity index is 1.72. The minimum absolute atomic E-state index is 0.326. The third-order valence-corrected chi connectivity index (χ3v) is 4.95. The maximum absolute atomic E-state index is 11.8. The van der Waals surface area contributed by atoms with E-state index < -0.39 is 21.7 Å². The standard InChI is InChI=1S/C21H34N6O4/c1-26(2)12-6-10-24-16-14(18(28)20(16)30)22-8-5-9-23-15-17(21(31)19(15)29)25-11-7-13-27(3)4/h22-25H,5-13H2,1-4H3. The highest BCUT2D eigenvalue weighted by molar-refractivity contribution is 5.74. The Morgan fingerprint density at radius 1 is 0.484 bits per heavy atom. The molecule has 172 valence electrons. The summed E-state index contributed by atoms with van der Waals surface area (Å²) in [4.78, 5) is 51.2. The maximum atomic E-state index is 11.8. The van der Waals surface area contributed by atoms with Gasteiger partial charge in [0.25, 0.3) is 21.7 Å². The first kappa shape index (κ1) is 24.5. The molecule has 0 atom stereocenters. The highest BCUT2D eigenvalue weighted by Crippen LogP contribution is 2.15. The zero-order valence-electron chi connectivity index (χ0n) is 18.9. The molecular weight excluding hydrogens is 400 g/mol. The fourth-order valence-electron chi connectivity index (χ4n) is 3.19. The molecule has 0 heterocycles. The fourth-order valence-corrected chi connectivity index (χ4v) is 3.19. The second-order valence-corrected chi connectivity index (χ2v) is 8.19. The monoisotopic (exact) mass is 434 g/mol. The normalized spacial score (nSPS) is 11.5. The Kier molecular flexibility index (Phi) is 9.20. The van der Waals surface area contributed by atoms with Gasteiger partial charge in [-0.25, -0.2) is 0 Å². The molecule has 0 fully saturated rings. The molecule has 2 aromatic carbocycles. The highest BCUT2D eigenvalue weighted by atomic mass is 16.2. The summed E-state index contributed by atoms with van der Waals surface area (Å²) in [5.41, 5.74) is -0.630. The summed E-state index contributed by atoms with van der Waals surface area (Å²) in [6.45, 7) is 3.94. The molecule has 0 aromatic heterocycles. The topological polar surface area (TPSA) is 123 Å². The van der Waals surface area contributed by atoms with Gasteiger partial charge < -0.3 is 31.1 Å². The summed E-state index contributed by atoms with van der Waals surface area (Å²) >= 11 is 0. The van der Waals surface area contributed by atoms with E-state index in [1.165, 1.54) is 0 Å². The minimum Gasteiger partial charge on any atom is -0.380 e. The van der Waals surface area contributed by atoms with Crippen LogP contribution in [0.5, 0.6) is 0 Å². The second-order valence-electron chi connectivity index (χ2n) is 8.19. The quantitative estimate of drug-likeness (QED) is 0.203. The van der Waals surface area contributed by atoms with Gasteiger partial charge in [-0.15, -0.1) is 0 Å². The van der Waals surface area contributed by atoms with E-state index in [0.29, 0.717) is 55.3 Å². The van der Waals surface area contributed by atoms with E-state index in [2.05, 4.69) is 31.1 Å². The van der Waals surface area contributed by atoms with E-state index >= 15 is 0 Å². The van der Waals surface area contributed by atoms with Crippen LogP contribution in [0.3, 0.4) is 0 Å². The van der Waals surface area contributed by atoms with Crippen LogP contribution in [0.15, 0.2) is 19.2 Å². The lowest BCUT2D eigenvalue weighted by Crippen LogP contribution is -2.39. The molecule has 0 unspecified atom stereocenters. The Morgan fingerprint density at radius 3 is 1.00 bits per heavy atom. The second kappa shape index (κ2) is 11.6. The molecule has 0 spiro atoms. The van der Waals surface area contributed by atoms with Gasteiger partial charge in [0.1, 0.15) is 22.7 Å². The molecule has 31 heavy (non-hydrogen) atoms. The molecule has 0 amide bonds. The number of nitrogens with zero attached hydrogens (tertiary/aromatic N) is 2. The van der Waals surface area contributed by atoms with Gasteiger partial charge in [0.15, 0.2) is 0 Å².